The second kappa shape index (κ2) is 6.76. The topological polar surface area (TPSA) is 60.8 Å². The van der Waals surface area contributed by atoms with Crippen LogP contribution < -0.4 is 4.90 Å². The van der Waals surface area contributed by atoms with E-state index < -0.39 is 5.82 Å². The van der Waals surface area contributed by atoms with E-state index in [0.29, 0.717) is 54.1 Å². The Balaban J connectivity index is 1.61. The summed E-state index contributed by atoms with van der Waals surface area (Å²) < 4.78 is 33.0. The Bertz CT molecular complexity index is 978. The lowest BCUT2D eigenvalue weighted by atomic mass is 10.2. The molecule has 3 aromatic rings. The van der Waals surface area contributed by atoms with Crippen molar-refractivity contribution >= 4 is 28.5 Å². The highest BCUT2D eigenvalue weighted by atomic mass is 19.1. The highest BCUT2D eigenvalue weighted by molar-refractivity contribution is 6.02. The first-order chi connectivity index (χ1) is 12.6. The van der Waals surface area contributed by atoms with Crippen LogP contribution in [0.5, 0.6) is 5.88 Å². The quantitative estimate of drug-likeness (QED) is 0.702. The fraction of sp³-hybridized carbons (Fsp3) is 0.211. The number of ether oxygens (including phenoxy) is 1. The monoisotopic (exact) mass is 357 g/mol. The number of anilines is 1. The molecule has 2 aromatic carbocycles. The summed E-state index contributed by atoms with van der Waals surface area (Å²) in [5.74, 6) is -0.866. The smallest absolute Gasteiger partial charge is 0.198 e. The molecular formula is C19H17F2N3O2. The van der Waals surface area contributed by atoms with Gasteiger partial charge in [-0.3, -0.25) is 4.99 Å². The minimum atomic E-state index is -0.400. The predicted molar refractivity (Wildman–Crippen MR) is 96.6 cm³/mol. The van der Waals surface area contributed by atoms with Gasteiger partial charge in [-0.25, -0.2) is 8.78 Å². The number of aliphatic imine (C=N–C) groups is 1. The van der Waals surface area contributed by atoms with Crippen LogP contribution in [0.15, 0.2) is 41.4 Å². The first-order valence-corrected chi connectivity index (χ1v) is 8.28. The first-order valence-electron chi connectivity index (χ1n) is 8.28. The Morgan fingerprint density at radius 3 is 2.69 bits per heavy atom. The van der Waals surface area contributed by atoms with Gasteiger partial charge < -0.3 is 19.7 Å². The van der Waals surface area contributed by atoms with E-state index in [1.165, 1.54) is 24.4 Å². The van der Waals surface area contributed by atoms with Gasteiger partial charge in [-0.15, -0.1) is 0 Å². The Labute approximate surface area is 148 Å². The molecule has 5 nitrogen and oxygen atoms in total. The number of hydrogen-bond donors (Lipinski definition) is 2. The number of benzene rings is 2. The molecule has 0 amide bonds. The van der Waals surface area contributed by atoms with E-state index in [-0.39, 0.29) is 11.7 Å². The Hall–Kier alpha value is -2.93. The third-order valence-electron chi connectivity index (χ3n) is 4.41. The van der Waals surface area contributed by atoms with Gasteiger partial charge in [-0.05, 0) is 30.3 Å². The molecule has 0 aliphatic carbocycles. The molecule has 0 saturated carbocycles. The van der Waals surface area contributed by atoms with Crippen molar-refractivity contribution in [2.75, 3.05) is 31.2 Å². The standard InChI is InChI=1S/C19H17F2N3O2/c20-12-1-3-14-15(19(25)23-17(14)9-12)11-22-13-2-4-18(16(21)10-13)24-5-7-26-8-6-24/h1-4,9-11,23,25H,5-8H2. The van der Waals surface area contributed by atoms with Gasteiger partial charge in [0.25, 0.3) is 0 Å². The van der Waals surface area contributed by atoms with E-state index in [2.05, 4.69) is 9.98 Å². The normalized spacial score (nSPS) is 15.2. The first kappa shape index (κ1) is 16.5. The molecule has 4 rings (SSSR count). The number of H-pyrrole nitrogens is 1. The van der Waals surface area contributed by atoms with E-state index in [9.17, 15) is 13.9 Å². The fourth-order valence-corrected chi connectivity index (χ4v) is 3.08. The van der Waals surface area contributed by atoms with E-state index in [1.807, 2.05) is 4.90 Å². The molecule has 0 unspecified atom stereocenters. The number of nitrogens with zero attached hydrogens (tertiary/aromatic N) is 2. The molecule has 2 N–H and O–H groups in total. The number of aromatic nitrogens is 1. The van der Waals surface area contributed by atoms with Gasteiger partial charge in [0.2, 0.25) is 0 Å². The molecule has 134 valence electrons. The van der Waals surface area contributed by atoms with Crippen molar-refractivity contribution in [1.82, 2.24) is 4.98 Å². The summed E-state index contributed by atoms with van der Waals surface area (Å²) >= 11 is 0. The van der Waals surface area contributed by atoms with Crippen LogP contribution in [0.1, 0.15) is 5.56 Å². The zero-order chi connectivity index (χ0) is 18.1. The molecule has 7 heteroatoms. The average molecular weight is 357 g/mol. The van der Waals surface area contributed by atoms with Crippen LogP contribution in [-0.2, 0) is 4.74 Å². The van der Waals surface area contributed by atoms with Gasteiger partial charge >= 0.3 is 0 Å². The molecular weight excluding hydrogens is 340 g/mol. The van der Waals surface area contributed by atoms with Gasteiger partial charge in [0.05, 0.1) is 35.7 Å². The summed E-state index contributed by atoms with van der Waals surface area (Å²) in [7, 11) is 0. The summed E-state index contributed by atoms with van der Waals surface area (Å²) in [4.78, 5) is 8.88. The maximum absolute atomic E-state index is 14.4. The van der Waals surface area contributed by atoms with Gasteiger partial charge in [-0.1, -0.05) is 0 Å². The van der Waals surface area contributed by atoms with Crippen molar-refractivity contribution in [1.29, 1.82) is 0 Å². The van der Waals surface area contributed by atoms with Gasteiger partial charge in [0.15, 0.2) is 5.88 Å². The number of rotatable bonds is 3. The lowest BCUT2D eigenvalue weighted by Crippen LogP contribution is -2.36. The predicted octanol–water partition coefficient (Wildman–Crippen LogP) is 3.74. The number of aromatic amines is 1. The average Bonchev–Trinajstić information content (AvgIpc) is 2.95. The molecule has 0 atom stereocenters. The van der Waals surface area contributed by atoms with Crippen LogP contribution in [0, 0.1) is 11.6 Å². The zero-order valence-corrected chi connectivity index (χ0v) is 13.9. The number of aromatic hydroxyl groups is 1. The maximum Gasteiger partial charge on any atom is 0.198 e. The van der Waals surface area contributed by atoms with Crippen molar-refractivity contribution in [2.45, 2.75) is 0 Å². The minimum absolute atomic E-state index is 0.111. The lowest BCUT2D eigenvalue weighted by molar-refractivity contribution is 0.122. The number of morpholine rings is 1. The van der Waals surface area contributed by atoms with Crippen LogP contribution in [0.25, 0.3) is 10.9 Å². The molecule has 1 fully saturated rings. The molecule has 0 spiro atoms. The minimum Gasteiger partial charge on any atom is -0.494 e. The Kier molecular flexibility index (Phi) is 4.30. The maximum atomic E-state index is 14.4. The van der Waals surface area contributed by atoms with Crippen LogP contribution >= 0.6 is 0 Å². The van der Waals surface area contributed by atoms with Gasteiger partial charge in [-0.2, -0.15) is 0 Å². The van der Waals surface area contributed by atoms with Crippen LogP contribution in [0.2, 0.25) is 0 Å². The van der Waals surface area contributed by atoms with Crippen molar-refractivity contribution < 1.29 is 18.6 Å². The fourth-order valence-electron chi connectivity index (χ4n) is 3.08. The lowest BCUT2D eigenvalue weighted by Gasteiger charge is -2.29. The van der Waals surface area contributed by atoms with Crippen molar-refractivity contribution in [3.63, 3.8) is 0 Å². The summed E-state index contributed by atoms with van der Waals surface area (Å²) in [5.41, 5.74) is 1.85. The van der Waals surface area contributed by atoms with E-state index in [0.717, 1.165) is 0 Å². The summed E-state index contributed by atoms with van der Waals surface area (Å²) in [6.45, 7) is 2.47. The van der Waals surface area contributed by atoms with Crippen molar-refractivity contribution in [2.24, 2.45) is 4.99 Å². The van der Waals surface area contributed by atoms with Gasteiger partial charge in [0.1, 0.15) is 11.6 Å². The van der Waals surface area contributed by atoms with Crippen LogP contribution in [-0.4, -0.2) is 42.6 Å². The van der Waals surface area contributed by atoms with Crippen LogP contribution in [0.3, 0.4) is 0 Å². The van der Waals surface area contributed by atoms with E-state index in [4.69, 9.17) is 4.74 Å². The Morgan fingerprint density at radius 1 is 1.12 bits per heavy atom. The summed E-state index contributed by atoms with van der Waals surface area (Å²) in [6, 6.07) is 8.93. The molecule has 1 aliphatic rings. The molecule has 2 heterocycles. The summed E-state index contributed by atoms with van der Waals surface area (Å²) in [6.07, 6.45) is 1.44. The van der Waals surface area contributed by atoms with Crippen molar-refractivity contribution in [3.05, 3.63) is 53.6 Å². The molecule has 1 aromatic heterocycles. The van der Waals surface area contributed by atoms with Crippen molar-refractivity contribution in [3.8, 4) is 5.88 Å². The third kappa shape index (κ3) is 3.13. The second-order valence-electron chi connectivity index (χ2n) is 6.07. The van der Waals surface area contributed by atoms with E-state index in [1.54, 1.807) is 18.2 Å². The molecule has 26 heavy (non-hydrogen) atoms. The summed E-state index contributed by atoms with van der Waals surface area (Å²) in [5, 5.41) is 10.6. The number of fused-ring (bicyclic) bond motifs is 1. The Morgan fingerprint density at radius 2 is 1.92 bits per heavy atom. The molecule has 1 saturated heterocycles. The number of halogens is 2. The zero-order valence-electron chi connectivity index (χ0n) is 13.9. The van der Waals surface area contributed by atoms with Gasteiger partial charge in [0, 0.05) is 30.8 Å². The SMILES string of the molecule is Oc1[nH]c2cc(F)ccc2c1C=Nc1ccc(N2CCOCC2)c(F)c1. The number of nitrogens with one attached hydrogen (secondary N) is 1. The molecule has 0 bridgehead atoms. The van der Waals surface area contributed by atoms with E-state index >= 15 is 0 Å². The largest absolute Gasteiger partial charge is 0.494 e. The number of hydrogen-bond acceptors (Lipinski definition) is 4. The second-order valence-corrected chi connectivity index (χ2v) is 6.07. The highest BCUT2D eigenvalue weighted by Crippen LogP contribution is 2.28. The highest BCUT2D eigenvalue weighted by Gasteiger charge is 2.15. The third-order valence-corrected chi connectivity index (χ3v) is 4.41. The molecule has 0 radical (unpaired) electrons. The van der Waals surface area contributed by atoms with Crippen LogP contribution in [0.4, 0.5) is 20.2 Å². The molecule has 1 aliphatic heterocycles.